The molecular formula is C21H39NO3. The van der Waals surface area contributed by atoms with Crippen molar-refractivity contribution in [1.82, 2.24) is 5.32 Å². The Labute approximate surface area is 154 Å². The highest BCUT2D eigenvalue weighted by Gasteiger charge is 2.12. The second kappa shape index (κ2) is 17.5. The molecule has 4 nitrogen and oxygen atoms in total. The first kappa shape index (κ1) is 23.7. The number of unbranched alkanes of at least 4 members (excludes halogenated alkanes) is 11. The maximum Gasteiger partial charge on any atom is 0.325 e. The van der Waals surface area contributed by atoms with Crippen molar-refractivity contribution in [3.63, 3.8) is 0 Å². The zero-order valence-corrected chi connectivity index (χ0v) is 16.4. The fraction of sp³-hybridized carbons (Fsp3) is 0.810. The maximum absolute atomic E-state index is 11.5. The second-order valence-electron chi connectivity index (χ2n) is 6.96. The summed E-state index contributed by atoms with van der Waals surface area (Å²) < 4.78 is 0. The molecule has 0 unspecified atom stereocenters. The van der Waals surface area contributed by atoms with E-state index in [4.69, 9.17) is 5.11 Å². The molecule has 0 aromatic rings. The summed E-state index contributed by atoms with van der Waals surface area (Å²) >= 11 is 0. The van der Waals surface area contributed by atoms with Crippen molar-refractivity contribution in [3.05, 3.63) is 12.2 Å². The van der Waals surface area contributed by atoms with Gasteiger partial charge in [0.1, 0.15) is 6.04 Å². The molecule has 0 aliphatic carbocycles. The largest absolute Gasteiger partial charge is 0.480 e. The van der Waals surface area contributed by atoms with Gasteiger partial charge in [0, 0.05) is 6.42 Å². The van der Waals surface area contributed by atoms with Gasteiger partial charge in [-0.1, -0.05) is 70.4 Å². The lowest BCUT2D eigenvalue weighted by Crippen LogP contribution is -2.38. The summed E-state index contributed by atoms with van der Waals surface area (Å²) in [5, 5.41) is 11.2. The van der Waals surface area contributed by atoms with Crippen molar-refractivity contribution >= 4 is 11.9 Å². The molecule has 25 heavy (non-hydrogen) atoms. The lowest BCUT2D eigenvalue weighted by molar-refractivity contribution is -0.141. The van der Waals surface area contributed by atoms with Crippen LogP contribution in [-0.2, 0) is 9.59 Å². The predicted octanol–water partition coefficient (Wildman–Crippen LogP) is 5.61. The third-order valence-corrected chi connectivity index (χ3v) is 4.41. The molecule has 2 N–H and O–H groups in total. The zero-order valence-electron chi connectivity index (χ0n) is 16.4. The number of allylic oxidation sites excluding steroid dienone is 2. The summed E-state index contributed by atoms with van der Waals surface area (Å²) in [6.07, 6.45) is 21.0. The Kier molecular flexibility index (Phi) is 16.6. The Morgan fingerprint density at radius 3 is 1.84 bits per heavy atom. The molecule has 0 saturated heterocycles. The van der Waals surface area contributed by atoms with Gasteiger partial charge in [-0.25, -0.2) is 0 Å². The molecule has 146 valence electrons. The molecule has 0 fully saturated rings. The van der Waals surface area contributed by atoms with Crippen molar-refractivity contribution < 1.29 is 14.7 Å². The zero-order chi connectivity index (χ0) is 18.8. The lowest BCUT2D eigenvalue weighted by Gasteiger charge is -2.08. The number of hydrogen-bond donors (Lipinski definition) is 2. The highest BCUT2D eigenvalue weighted by molar-refractivity contribution is 5.83. The summed E-state index contributed by atoms with van der Waals surface area (Å²) in [5.41, 5.74) is 0. The Morgan fingerprint density at radius 1 is 0.840 bits per heavy atom. The lowest BCUT2D eigenvalue weighted by atomic mass is 10.1. The Balaban J connectivity index is 3.29. The first-order chi connectivity index (χ1) is 12.1. The number of nitrogens with one attached hydrogen (secondary N) is 1. The molecule has 0 heterocycles. The number of carbonyl (C=O) groups is 2. The number of carbonyl (C=O) groups excluding carboxylic acids is 1. The number of hydrogen-bond acceptors (Lipinski definition) is 2. The first-order valence-corrected chi connectivity index (χ1v) is 10.2. The second-order valence-corrected chi connectivity index (χ2v) is 6.96. The van der Waals surface area contributed by atoms with E-state index >= 15 is 0 Å². The topological polar surface area (TPSA) is 66.4 Å². The van der Waals surface area contributed by atoms with Crippen molar-refractivity contribution in [2.45, 2.75) is 110 Å². The van der Waals surface area contributed by atoms with Crippen LogP contribution in [0.5, 0.6) is 0 Å². The minimum Gasteiger partial charge on any atom is -0.480 e. The number of aliphatic carboxylic acids is 1. The normalized spacial score (nSPS) is 12.4. The van der Waals surface area contributed by atoms with E-state index in [0.717, 1.165) is 25.7 Å². The van der Waals surface area contributed by atoms with Crippen LogP contribution in [-0.4, -0.2) is 23.0 Å². The van der Waals surface area contributed by atoms with Crippen molar-refractivity contribution in [3.8, 4) is 0 Å². The van der Waals surface area contributed by atoms with Crippen LogP contribution in [0, 0.1) is 0 Å². The van der Waals surface area contributed by atoms with Crippen LogP contribution in [0.15, 0.2) is 12.2 Å². The van der Waals surface area contributed by atoms with Crippen LogP contribution in [0.3, 0.4) is 0 Å². The number of carboxylic acid groups (broad SMARTS) is 1. The third-order valence-electron chi connectivity index (χ3n) is 4.41. The Hall–Kier alpha value is -1.32. The summed E-state index contributed by atoms with van der Waals surface area (Å²) in [5.74, 6) is -1.15. The van der Waals surface area contributed by atoms with Crippen LogP contribution < -0.4 is 5.32 Å². The van der Waals surface area contributed by atoms with Gasteiger partial charge in [0.25, 0.3) is 0 Å². The smallest absolute Gasteiger partial charge is 0.325 e. The van der Waals surface area contributed by atoms with E-state index in [1.54, 1.807) is 0 Å². The van der Waals surface area contributed by atoms with Gasteiger partial charge >= 0.3 is 5.97 Å². The summed E-state index contributed by atoms with van der Waals surface area (Å²) in [4.78, 5) is 22.1. The average molecular weight is 354 g/mol. The van der Waals surface area contributed by atoms with Gasteiger partial charge in [-0.2, -0.15) is 0 Å². The van der Waals surface area contributed by atoms with E-state index in [0.29, 0.717) is 6.42 Å². The van der Waals surface area contributed by atoms with Gasteiger partial charge < -0.3 is 10.4 Å². The van der Waals surface area contributed by atoms with Crippen LogP contribution in [0.2, 0.25) is 0 Å². The molecule has 0 aromatic carbocycles. The molecule has 0 spiro atoms. The number of carboxylic acids is 1. The molecule has 0 aliphatic rings. The van der Waals surface area contributed by atoms with E-state index < -0.39 is 12.0 Å². The monoisotopic (exact) mass is 353 g/mol. The summed E-state index contributed by atoms with van der Waals surface area (Å²) in [7, 11) is 0. The maximum atomic E-state index is 11.5. The Morgan fingerprint density at radius 2 is 1.32 bits per heavy atom. The fourth-order valence-corrected chi connectivity index (χ4v) is 2.73. The van der Waals surface area contributed by atoms with Gasteiger partial charge in [0.05, 0.1) is 0 Å². The molecule has 0 bridgehead atoms. The summed E-state index contributed by atoms with van der Waals surface area (Å²) in [6, 6.07) is -0.796. The minimum atomic E-state index is -0.988. The van der Waals surface area contributed by atoms with E-state index in [9.17, 15) is 9.59 Å². The van der Waals surface area contributed by atoms with E-state index in [1.165, 1.54) is 64.7 Å². The molecule has 0 rings (SSSR count). The SMILES string of the molecule is CCCCCCCCC=CCCCCCCCC(=O)N[C@H](C)C(=O)O. The number of amides is 1. The third kappa shape index (κ3) is 17.3. The predicted molar refractivity (Wildman–Crippen MR) is 105 cm³/mol. The van der Waals surface area contributed by atoms with E-state index in [-0.39, 0.29) is 5.91 Å². The quantitative estimate of drug-likeness (QED) is 0.264. The van der Waals surface area contributed by atoms with E-state index in [1.807, 2.05) is 0 Å². The molecule has 0 aromatic heterocycles. The van der Waals surface area contributed by atoms with Crippen molar-refractivity contribution in [2.24, 2.45) is 0 Å². The van der Waals surface area contributed by atoms with Gasteiger partial charge in [0.2, 0.25) is 5.91 Å². The fourth-order valence-electron chi connectivity index (χ4n) is 2.73. The van der Waals surface area contributed by atoms with Gasteiger partial charge in [-0.3, -0.25) is 9.59 Å². The molecule has 1 amide bonds. The van der Waals surface area contributed by atoms with Gasteiger partial charge in [-0.05, 0) is 39.0 Å². The van der Waals surface area contributed by atoms with Crippen LogP contribution in [0.1, 0.15) is 104 Å². The minimum absolute atomic E-state index is 0.160. The molecule has 4 heteroatoms. The van der Waals surface area contributed by atoms with Crippen LogP contribution >= 0.6 is 0 Å². The number of rotatable bonds is 17. The van der Waals surface area contributed by atoms with Gasteiger partial charge in [-0.15, -0.1) is 0 Å². The highest BCUT2D eigenvalue weighted by Crippen LogP contribution is 2.10. The molecule has 0 saturated carbocycles. The van der Waals surface area contributed by atoms with Gasteiger partial charge in [0.15, 0.2) is 0 Å². The molecule has 0 aliphatic heterocycles. The van der Waals surface area contributed by atoms with E-state index in [2.05, 4.69) is 24.4 Å². The van der Waals surface area contributed by atoms with Crippen molar-refractivity contribution in [1.29, 1.82) is 0 Å². The Bertz CT molecular complexity index is 366. The highest BCUT2D eigenvalue weighted by atomic mass is 16.4. The van der Waals surface area contributed by atoms with Crippen molar-refractivity contribution in [2.75, 3.05) is 0 Å². The average Bonchev–Trinajstić information content (AvgIpc) is 2.58. The van der Waals surface area contributed by atoms with Crippen LogP contribution in [0.25, 0.3) is 0 Å². The molecule has 1 atom stereocenters. The first-order valence-electron chi connectivity index (χ1n) is 10.2. The summed E-state index contributed by atoms with van der Waals surface area (Å²) in [6.45, 7) is 3.74. The molecular weight excluding hydrogens is 314 g/mol. The standard InChI is InChI=1S/C21H39NO3/c1-3-4-5-6-7-8-9-10-11-12-13-14-15-16-17-18-20(23)22-19(2)21(24)25/h10-11,19H,3-9,12-18H2,1-2H3,(H,22,23)(H,24,25)/t19-/m1/s1. The van der Waals surface area contributed by atoms with Crippen LogP contribution in [0.4, 0.5) is 0 Å². The molecule has 0 radical (unpaired) electrons.